The smallest absolute Gasteiger partial charge is 0.305 e. The maximum atomic E-state index is 11.0. The van der Waals surface area contributed by atoms with Gasteiger partial charge < -0.3 is 14.6 Å². The predicted octanol–water partition coefficient (Wildman–Crippen LogP) is 3.93. The van der Waals surface area contributed by atoms with E-state index < -0.39 is 6.10 Å². The van der Waals surface area contributed by atoms with Crippen LogP contribution >= 0.6 is 0 Å². The minimum atomic E-state index is -0.477. The van der Waals surface area contributed by atoms with Crippen molar-refractivity contribution in [1.82, 2.24) is 0 Å². The summed E-state index contributed by atoms with van der Waals surface area (Å²) in [7, 11) is 1.43. The van der Waals surface area contributed by atoms with Crippen molar-refractivity contribution in [3.63, 3.8) is 0 Å². The van der Waals surface area contributed by atoms with E-state index in [2.05, 4.69) is 23.8 Å². The quantitative estimate of drug-likeness (QED) is 0.241. The summed E-state index contributed by atoms with van der Waals surface area (Å²) in [6.45, 7) is 2.11. The molecule has 1 aliphatic heterocycles. The maximum absolute atomic E-state index is 11.0. The fourth-order valence-corrected chi connectivity index (χ4v) is 2.61. The minimum Gasteiger partial charge on any atom is -0.469 e. The maximum Gasteiger partial charge on any atom is 0.305 e. The highest BCUT2D eigenvalue weighted by Crippen LogP contribution is 2.30. The molecular formula is C19H32O4. The number of aliphatic hydroxyl groups is 1. The second-order valence-electron chi connectivity index (χ2n) is 6.06. The predicted molar refractivity (Wildman–Crippen MR) is 92.2 cm³/mol. The van der Waals surface area contributed by atoms with Crippen molar-refractivity contribution < 1.29 is 19.4 Å². The number of rotatable bonds is 13. The van der Waals surface area contributed by atoms with Crippen LogP contribution in [0.15, 0.2) is 24.3 Å². The fourth-order valence-electron chi connectivity index (χ4n) is 2.61. The third kappa shape index (κ3) is 9.57. The number of hydrogen-bond donors (Lipinski definition) is 1. The Kier molecular flexibility index (Phi) is 10.7. The number of carbonyl (C=O) groups is 1. The molecular weight excluding hydrogens is 292 g/mol. The monoisotopic (exact) mass is 324 g/mol. The zero-order valence-electron chi connectivity index (χ0n) is 14.6. The van der Waals surface area contributed by atoms with Crippen LogP contribution < -0.4 is 0 Å². The number of esters is 1. The van der Waals surface area contributed by atoms with Crippen LogP contribution in [0.1, 0.15) is 64.7 Å². The average Bonchev–Trinajstić information content (AvgIpc) is 3.33. The molecule has 23 heavy (non-hydrogen) atoms. The van der Waals surface area contributed by atoms with Crippen molar-refractivity contribution in [2.45, 2.75) is 83.0 Å². The van der Waals surface area contributed by atoms with Gasteiger partial charge in [0.05, 0.1) is 13.2 Å². The van der Waals surface area contributed by atoms with Gasteiger partial charge in [-0.25, -0.2) is 0 Å². The summed E-state index contributed by atoms with van der Waals surface area (Å²) in [5.74, 6) is -0.119. The van der Waals surface area contributed by atoms with Gasteiger partial charge in [-0.3, -0.25) is 4.79 Å². The largest absolute Gasteiger partial charge is 0.469 e. The Morgan fingerprint density at radius 3 is 2.65 bits per heavy atom. The second kappa shape index (κ2) is 12.3. The second-order valence-corrected chi connectivity index (χ2v) is 6.06. The third-order valence-corrected chi connectivity index (χ3v) is 4.06. The number of carbonyl (C=O) groups excluding carboxylic acids is 1. The highest BCUT2D eigenvalue weighted by molar-refractivity contribution is 5.68. The van der Waals surface area contributed by atoms with E-state index in [1.165, 1.54) is 7.11 Å². The summed E-state index contributed by atoms with van der Waals surface area (Å²) in [5.41, 5.74) is 0. The van der Waals surface area contributed by atoms with E-state index in [0.717, 1.165) is 51.4 Å². The van der Waals surface area contributed by atoms with E-state index in [-0.39, 0.29) is 18.2 Å². The first kappa shape index (κ1) is 19.9. The molecule has 4 heteroatoms. The molecule has 0 bridgehead atoms. The van der Waals surface area contributed by atoms with E-state index in [1.54, 1.807) is 0 Å². The molecule has 1 rings (SSSR count). The zero-order valence-corrected chi connectivity index (χ0v) is 14.6. The summed E-state index contributed by atoms with van der Waals surface area (Å²) in [6.07, 6.45) is 16.6. The Hall–Kier alpha value is -1.13. The molecule has 0 aliphatic carbocycles. The molecule has 0 saturated carbocycles. The van der Waals surface area contributed by atoms with Crippen LogP contribution in [0.2, 0.25) is 0 Å². The fraction of sp³-hybridized carbons (Fsp3) is 0.737. The lowest BCUT2D eigenvalue weighted by molar-refractivity contribution is -0.140. The van der Waals surface area contributed by atoms with Gasteiger partial charge in [0, 0.05) is 6.42 Å². The van der Waals surface area contributed by atoms with E-state index in [0.29, 0.717) is 6.42 Å². The van der Waals surface area contributed by atoms with Crippen LogP contribution in [0, 0.1) is 0 Å². The van der Waals surface area contributed by atoms with Gasteiger partial charge in [-0.1, -0.05) is 56.9 Å². The molecule has 3 atom stereocenters. The summed E-state index contributed by atoms with van der Waals surface area (Å²) in [5, 5.41) is 9.98. The Morgan fingerprint density at radius 2 is 1.91 bits per heavy atom. The van der Waals surface area contributed by atoms with Crippen molar-refractivity contribution >= 4 is 5.97 Å². The van der Waals surface area contributed by atoms with Gasteiger partial charge in [-0.2, -0.15) is 0 Å². The number of methoxy groups -OCH3 is 1. The Labute approximate surface area is 140 Å². The summed E-state index contributed by atoms with van der Waals surface area (Å²) < 4.78 is 10.2. The number of ether oxygens (including phenoxy) is 2. The summed E-state index contributed by atoms with van der Waals surface area (Å²) in [4.78, 5) is 11.0. The highest BCUT2D eigenvalue weighted by atomic mass is 16.6. The van der Waals surface area contributed by atoms with Crippen LogP contribution in [-0.4, -0.2) is 36.5 Å². The zero-order chi connectivity index (χ0) is 16.9. The lowest BCUT2D eigenvalue weighted by atomic mass is 10.1. The standard InChI is InChI=1S/C19H32O4/c1-3-4-5-7-10-13-16(20)19-17(23-19)14-11-8-6-9-12-15-18(21)22-2/h4-5,10,13,16-17,19-20H,3,6-9,11-12,14-15H2,1-2H3. The molecule has 0 radical (unpaired) electrons. The molecule has 0 aromatic carbocycles. The van der Waals surface area contributed by atoms with E-state index in [4.69, 9.17) is 4.74 Å². The number of epoxide rings is 1. The third-order valence-electron chi connectivity index (χ3n) is 4.06. The molecule has 132 valence electrons. The number of unbranched alkanes of at least 4 members (excludes halogenated alkanes) is 4. The lowest BCUT2D eigenvalue weighted by Gasteiger charge is -2.02. The number of aliphatic hydroxyl groups excluding tert-OH is 1. The van der Waals surface area contributed by atoms with Crippen molar-refractivity contribution in [1.29, 1.82) is 0 Å². The van der Waals surface area contributed by atoms with E-state index in [9.17, 15) is 9.90 Å². The van der Waals surface area contributed by atoms with Crippen molar-refractivity contribution in [2.24, 2.45) is 0 Å². The molecule has 4 nitrogen and oxygen atoms in total. The molecule has 3 unspecified atom stereocenters. The van der Waals surface area contributed by atoms with Crippen LogP contribution in [0.4, 0.5) is 0 Å². The first-order chi connectivity index (χ1) is 11.2. The lowest BCUT2D eigenvalue weighted by Crippen LogP contribution is -2.13. The Balaban J connectivity index is 1.96. The Morgan fingerprint density at radius 1 is 1.17 bits per heavy atom. The van der Waals surface area contributed by atoms with Crippen molar-refractivity contribution in [3.05, 3.63) is 24.3 Å². The molecule has 1 N–H and O–H groups in total. The first-order valence-corrected chi connectivity index (χ1v) is 8.91. The minimum absolute atomic E-state index is 0.0132. The molecule has 0 amide bonds. The highest BCUT2D eigenvalue weighted by Gasteiger charge is 2.42. The van der Waals surface area contributed by atoms with Gasteiger partial charge in [0.2, 0.25) is 0 Å². The van der Waals surface area contributed by atoms with Crippen LogP contribution in [-0.2, 0) is 14.3 Å². The first-order valence-electron chi connectivity index (χ1n) is 8.91. The molecule has 0 aromatic rings. The topological polar surface area (TPSA) is 59.1 Å². The van der Waals surface area contributed by atoms with Gasteiger partial charge in [0.15, 0.2) is 0 Å². The molecule has 1 saturated heterocycles. The average molecular weight is 324 g/mol. The van der Waals surface area contributed by atoms with Crippen molar-refractivity contribution in [2.75, 3.05) is 7.11 Å². The van der Waals surface area contributed by atoms with E-state index >= 15 is 0 Å². The summed E-state index contributed by atoms with van der Waals surface area (Å²) >= 11 is 0. The Bertz CT molecular complexity index is 376. The number of allylic oxidation sites excluding steroid dienone is 3. The van der Waals surface area contributed by atoms with Crippen LogP contribution in [0.5, 0.6) is 0 Å². The molecule has 1 fully saturated rings. The van der Waals surface area contributed by atoms with Gasteiger partial charge in [-0.05, 0) is 25.7 Å². The van der Waals surface area contributed by atoms with Crippen LogP contribution in [0.3, 0.4) is 0 Å². The summed E-state index contributed by atoms with van der Waals surface area (Å²) in [6, 6.07) is 0. The van der Waals surface area contributed by atoms with Crippen molar-refractivity contribution in [3.8, 4) is 0 Å². The van der Waals surface area contributed by atoms with Gasteiger partial charge >= 0.3 is 5.97 Å². The van der Waals surface area contributed by atoms with Gasteiger partial charge in [0.1, 0.15) is 12.2 Å². The molecule has 1 aliphatic rings. The molecule has 0 aromatic heterocycles. The van der Waals surface area contributed by atoms with E-state index in [1.807, 2.05) is 12.2 Å². The SMILES string of the molecule is CCC=CCC=CC(O)C1OC1CCCCCCCC(=O)OC. The van der Waals surface area contributed by atoms with Gasteiger partial charge in [0.25, 0.3) is 0 Å². The molecule has 0 spiro atoms. The van der Waals surface area contributed by atoms with Crippen LogP contribution in [0.25, 0.3) is 0 Å². The normalized spacial score (nSPS) is 21.9. The van der Waals surface area contributed by atoms with Gasteiger partial charge in [-0.15, -0.1) is 0 Å². The number of hydrogen-bond acceptors (Lipinski definition) is 4. The molecule has 1 heterocycles.